The van der Waals surface area contributed by atoms with Crippen LogP contribution in [0.3, 0.4) is 0 Å². The molecule has 0 unspecified atom stereocenters. The van der Waals surface area contributed by atoms with Gasteiger partial charge in [0.25, 0.3) is 0 Å². The molecule has 0 aromatic heterocycles. The molecule has 1 aromatic rings. The van der Waals surface area contributed by atoms with Crippen LogP contribution in [-0.2, 0) is 11.3 Å². The molecule has 0 aliphatic carbocycles. The number of nitrogens with zero attached hydrogens (tertiary/aromatic N) is 2. The van der Waals surface area contributed by atoms with E-state index in [4.69, 9.17) is 17.3 Å². The van der Waals surface area contributed by atoms with Crippen LogP contribution in [0.15, 0.2) is 18.2 Å². The molecule has 1 aliphatic rings. The van der Waals surface area contributed by atoms with Gasteiger partial charge in [-0.15, -0.1) is 0 Å². The van der Waals surface area contributed by atoms with E-state index in [-0.39, 0.29) is 11.7 Å². The highest BCUT2D eigenvalue weighted by molar-refractivity contribution is 6.31. The first kappa shape index (κ1) is 19.2. The van der Waals surface area contributed by atoms with Crippen molar-refractivity contribution in [3.63, 3.8) is 0 Å². The van der Waals surface area contributed by atoms with Crippen molar-refractivity contribution < 1.29 is 9.18 Å². The Balaban J connectivity index is 1.94. The monoisotopic (exact) mass is 355 g/mol. The van der Waals surface area contributed by atoms with Gasteiger partial charge in [0.1, 0.15) is 5.82 Å². The molecule has 0 spiro atoms. The van der Waals surface area contributed by atoms with Crippen LogP contribution in [0.4, 0.5) is 4.39 Å². The van der Waals surface area contributed by atoms with Crippen molar-refractivity contribution in [2.75, 3.05) is 26.2 Å². The van der Waals surface area contributed by atoms with Crippen molar-refractivity contribution in [1.29, 1.82) is 0 Å². The molecule has 1 saturated heterocycles. The second-order valence-electron chi connectivity index (χ2n) is 6.89. The third kappa shape index (κ3) is 5.16. The highest BCUT2D eigenvalue weighted by Crippen LogP contribution is 2.21. The average Bonchev–Trinajstić information content (AvgIpc) is 2.75. The summed E-state index contributed by atoms with van der Waals surface area (Å²) in [5, 5.41) is 0.450. The number of carbonyl (C=O) groups excluding carboxylic acids is 1. The maximum Gasteiger partial charge on any atom is 0.239 e. The summed E-state index contributed by atoms with van der Waals surface area (Å²) in [7, 11) is 0. The fourth-order valence-electron chi connectivity index (χ4n) is 3.10. The van der Waals surface area contributed by atoms with E-state index in [1.807, 2.05) is 4.90 Å². The zero-order valence-electron chi connectivity index (χ0n) is 14.5. The summed E-state index contributed by atoms with van der Waals surface area (Å²) in [4.78, 5) is 16.4. The van der Waals surface area contributed by atoms with Crippen molar-refractivity contribution in [3.05, 3.63) is 34.6 Å². The highest BCUT2D eigenvalue weighted by atomic mass is 35.5. The molecule has 4 nitrogen and oxygen atoms in total. The fourth-order valence-corrected chi connectivity index (χ4v) is 3.32. The van der Waals surface area contributed by atoms with E-state index < -0.39 is 6.04 Å². The average molecular weight is 356 g/mol. The lowest BCUT2D eigenvalue weighted by atomic mass is 10.0. The summed E-state index contributed by atoms with van der Waals surface area (Å²) in [6.07, 6.45) is 1.55. The zero-order valence-corrected chi connectivity index (χ0v) is 15.2. The van der Waals surface area contributed by atoms with Gasteiger partial charge in [0.2, 0.25) is 5.91 Å². The minimum atomic E-state index is -0.433. The Kier molecular flexibility index (Phi) is 7.02. The second-order valence-corrected chi connectivity index (χ2v) is 7.30. The van der Waals surface area contributed by atoms with Gasteiger partial charge < -0.3 is 10.6 Å². The molecule has 1 aliphatic heterocycles. The standard InChI is InChI=1S/C18H27ClFN3O/c1-13(2)11-17(21)18(24)23-8-4-7-22(9-10-23)12-14-15(19)5-3-6-16(14)20/h3,5-6,13,17H,4,7-12,21H2,1-2H3/t17-/m0/s1. The number of benzene rings is 1. The summed E-state index contributed by atoms with van der Waals surface area (Å²) in [5.41, 5.74) is 6.55. The van der Waals surface area contributed by atoms with E-state index in [1.165, 1.54) is 6.07 Å². The topological polar surface area (TPSA) is 49.6 Å². The number of hydrogen-bond donors (Lipinski definition) is 1. The predicted molar refractivity (Wildman–Crippen MR) is 95.3 cm³/mol. The van der Waals surface area contributed by atoms with Gasteiger partial charge in [-0.25, -0.2) is 4.39 Å². The maximum atomic E-state index is 13.9. The summed E-state index contributed by atoms with van der Waals surface area (Å²) in [6.45, 7) is 7.43. The number of nitrogens with two attached hydrogens (primary N) is 1. The molecule has 0 saturated carbocycles. The van der Waals surface area contributed by atoms with Gasteiger partial charge >= 0.3 is 0 Å². The zero-order chi connectivity index (χ0) is 17.7. The lowest BCUT2D eigenvalue weighted by Crippen LogP contribution is -2.45. The Morgan fingerprint density at radius 1 is 1.29 bits per heavy atom. The third-order valence-electron chi connectivity index (χ3n) is 4.39. The van der Waals surface area contributed by atoms with E-state index in [2.05, 4.69) is 18.7 Å². The molecule has 0 bridgehead atoms. The molecular weight excluding hydrogens is 329 g/mol. The number of amides is 1. The predicted octanol–water partition coefficient (Wildman–Crippen LogP) is 2.89. The SMILES string of the molecule is CC(C)C[C@H](N)C(=O)N1CCCN(Cc2c(F)cccc2Cl)CC1. The second kappa shape index (κ2) is 8.79. The minimum absolute atomic E-state index is 0.0227. The van der Waals surface area contributed by atoms with Crippen molar-refractivity contribution in [3.8, 4) is 0 Å². The van der Waals surface area contributed by atoms with Crippen LogP contribution in [-0.4, -0.2) is 47.9 Å². The molecule has 1 aromatic carbocycles. The van der Waals surface area contributed by atoms with Crippen LogP contribution < -0.4 is 5.73 Å². The lowest BCUT2D eigenvalue weighted by molar-refractivity contribution is -0.132. The summed E-state index contributed by atoms with van der Waals surface area (Å²) >= 11 is 6.11. The van der Waals surface area contributed by atoms with Gasteiger partial charge in [0.15, 0.2) is 0 Å². The van der Waals surface area contributed by atoms with Crippen LogP contribution in [0.25, 0.3) is 0 Å². The van der Waals surface area contributed by atoms with Gasteiger partial charge in [-0.05, 0) is 30.9 Å². The molecule has 1 heterocycles. The van der Waals surface area contributed by atoms with Crippen LogP contribution in [0.1, 0.15) is 32.3 Å². The molecule has 2 rings (SSSR count). The fraction of sp³-hybridized carbons (Fsp3) is 0.611. The molecule has 1 fully saturated rings. The van der Waals surface area contributed by atoms with E-state index in [0.717, 1.165) is 13.0 Å². The van der Waals surface area contributed by atoms with Gasteiger partial charge in [0, 0.05) is 43.3 Å². The van der Waals surface area contributed by atoms with Gasteiger partial charge in [-0.1, -0.05) is 31.5 Å². The van der Waals surface area contributed by atoms with Crippen LogP contribution in [0, 0.1) is 11.7 Å². The largest absolute Gasteiger partial charge is 0.340 e. The van der Waals surface area contributed by atoms with Crippen LogP contribution in [0.2, 0.25) is 5.02 Å². The Bertz CT molecular complexity index is 547. The smallest absolute Gasteiger partial charge is 0.239 e. The quantitative estimate of drug-likeness (QED) is 0.883. The Labute approximate surface area is 148 Å². The summed E-state index contributed by atoms with van der Waals surface area (Å²) in [6, 6.07) is 4.32. The molecular formula is C18H27ClFN3O. The van der Waals surface area contributed by atoms with Gasteiger partial charge in [-0.2, -0.15) is 0 Å². The Morgan fingerprint density at radius 2 is 2.04 bits per heavy atom. The van der Waals surface area contributed by atoms with Crippen molar-refractivity contribution in [2.24, 2.45) is 11.7 Å². The molecule has 6 heteroatoms. The lowest BCUT2D eigenvalue weighted by Gasteiger charge is -2.25. The first-order valence-electron chi connectivity index (χ1n) is 8.58. The molecule has 0 radical (unpaired) electrons. The molecule has 1 amide bonds. The first-order valence-corrected chi connectivity index (χ1v) is 8.96. The Morgan fingerprint density at radius 3 is 2.71 bits per heavy atom. The highest BCUT2D eigenvalue weighted by Gasteiger charge is 2.24. The van der Waals surface area contributed by atoms with E-state index in [0.29, 0.717) is 49.1 Å². The third-order valence-corrected chi connectivity index (χ3v) is 4.74. The van der Waals surface area contributed by atoms with Crippen molar-refractivity contribution in [2.45, 2.75) is 39.3 Å². The van der Waals surface area contributed by atoms with E-state index in [1.54, 1.807) is 12.1 Å². The number of halogens is 2. The van der Waals surface area contributed by atoms with Gasteiger partial charge in [0.05, 0.1) is 6.04 Å². The normalized spacial score (nSPS) is 17.8. The number of rotatable bonds is 5. The first-order chi connectivity index (χ1) is 11.4. The van der Waals surface area contributed by atoms with Crippen LogP contribution >= 0.6 is 11.6 Å². The molecule has 134 valence electrons. The Hall–Kier alpha value is -1.17. The molecule has 1 atom stereocenters. The maximum absolute atomic E-state index is 13.9. The van der Waals surface area contributed by atoms with E-state index in [9.17, 15) is 9.18 Å². The van der Waals surface area contributed by atoms with Crippen LogP contribution in [0.5, 0.6) is 0 Å². The van der Waals surface area contributed by atoms with Gasteiger partial charge in [-0.3, -0.25) is 9.69 Å². The number of hydrogen-bond acceptors (Lipinski definition) is 3. The van der Waals surface area contributed by atoms with Crippen molar-refractivity contribution in [1.82, 2.24) is 9.80 Å². The van der Waals surface area contributed by atoms with E-state index >= 15 is 0 Å². The minimum Gasteiger partial charge on any atom is -0.340 e. The summed E-state index contributed by atoms with van der Waals surface area (Å²) in [5.74, 6) is 0.142. The summed E-state index contributed by atoms with van der Waals surface area (Å²) < 4.78 is 13.9. The number of carbonyl (C=O) groups is 1. The molecule has 24 heavy (non-hydrogen) atoms. The molecule has 2 N–H and O–H groups in total. The van der Waals surface area contributed by atoms with Crippen molar-refractivity contribution >= 4 is 17.5 Å².